The second-order valence-corrected chi connectivity index (χ2v) is 3.93. The van der Waals surface area contributed by atoms with Gasteiger partial charge < -0.3 is 5.32 Å². The zero-order chi connectivity index (χ0) is 12.5. The first-order valence-corrected chi connectivity index (χ1v) is 6.00. The Balaban J connectivity index is 2.59. The molecule has 0 aromatic heterocycles. The van der Waals surface area contributed by atoms with Gasteiger partial charge in [0.05, 0.1) is 5.57 Å². The van der Waals surface area contributed by atoms with Crippen molar-refractivity contribution in [3.8, 4) is 0 Å². The predicted octanol–water partition coefficient (Wildman–Crippen LogP) is 3.16. The highest BCUT2D eigenvalue weighted by atomic mass is 16.1. The van der Waals surface area contributed by atoms with Gasteiger partial charge in [0.25, 0.3) is 5.91 Å². The van der Waals surface area contributed by atoms with E-state index in [1.165, 1.54) is 0 Å². The third-order valence-corrected chi connectivity index (χ3v) is 2.41. The van der Waals surface area contributed by atoms with Crippen LogP contribution in [0, 0.1) is 0 Å². The smallest absolute Gasteiger partial charge is 0.254 e. The van der Waals surface area contributed by atoms with Crippen molar-refractivity contribution in [2.24, 2.45) is 0 Å². The van der Waals surface area contributed by atoms with Gasteiger partial charge in [0.15, 0.2) is 0 Å². The quantitative estimate of drug-likeness (QED) is 0.469. The molecule has 0 saturated carbocycles. The Hall–Kier alpha value is -1.79. The molecule has 0 heterocycles. The van der Waals surface area contributed by atoms with Crippen LogP contribution in [0.25, 0.3) is 6.08 Å². The maximum atomic E-state index is 11.6. The summed E-state index contributed by atoms with van der Waals surface area (Å²) in [4.78, 5) is 11.6. The van der Waals surface area contributed by atoms with Gasteiger partial charge >= 0.3 is 0 Å². The topological polar surface area (TPSA) is 29.1 Å². The van der Waals surface area contributed by atoms with Crippen molar-refractivity contribution < 1.29 is 4.79 Å². The highest BCUT2D eigenvalue weighted by Gasteiger charge is 2.00. The SMILES string of the molecule is CCCCNC(=O)C(C)=C=Cc1ccccc1. The number of carbonyl (C=O) groups is 1. The van der Waals surface area contributed by atoms with Crippen molar-refractivity contribution >= 4 is 12.0 Å². The summed E-state index contributed by atoms with van der Waals surface area (Å²) in [6.07, 6.45) is 3.93. The lowest BCUT2D eigenvalue weighted by atomic mass is 10.2. The second-order valence-electron chi connectivity index (χ2n) is 3.93. The molecule has 1 N–H and O–H groups in total. The fraction of sp³-hybridized carbons (Fsp3) is 0.333. The maximum Gasteiger partial charge on any atom is 0.254 e. The van der Waals surface area contributed by atoms with Gasteiger partial charge in [-0.15, -0.1) is 5.73 Å². The molecule has 90 valence electrons. The van der Waals surface area contributed by atoms with E-state index in [4.69, 9.17) is 0 Å². The molecule has 0 aliphatic heterocycles. The number of nitrogens with one attached hydrogen (secondary N) is 1. The predicted molar refractivity (Wildman–Crippen MR) is 71.5 cm³/mol. The Kier molecular flexibility index (Phi) is 5.84. The van der Waals surface area contributed by atoms with Gasteiger partial charge in [-0.05, 0) is 25.0 Å². The monoisotopic (exact) mass is 229 g/mol. The molecule has 17 heavy (non-hydrogen) atoms. The zero-order valence-electron chi connectivity index (χ0n) is 10.5. The van der Waals surface area contributed by atoms with Crippen LogP contribution in [-0.2, 0) is 4.79 Å². The van der Waals surface area contributed by atoms with E-state index < -0.39 is 0 Å². The van der Waals surface area contributed by atoms with Gasteiger partial charge in [0.2, 0.25) is 0 Å². The summed E-state index contributed by atoms with van der Waals surface area (Å²) in [6.45, 7) is 4.62. The lowest BCUT2D eigenvalue weighted by molar-refractivity contribution is -0.117. The van der Waals surface area contributed by atoms with Crippen molar-refractivity contribution in [1.29, 1.82) is 0 Å². The molecule has 1 rings (SSSR count). The normalized spacial score (nSPS) is 9.29. The Bertz CT molecular complexity index is 414. The molecule has 0 radical (unpaired) electrons. The van der Waals surface area contributed by atoms with E-state index in [-0.39, 0.29) is 5.91 Å². The molecule has 1 aromatic rings. The number of carbonyl (C=O) groups excluding carboxylic acids is 1. The van der Waals surface area contributed by atoms with Crippen molar-refractivity contribution in [1.82, 2.24) is 5.32 Å². The van der Waals surface area contributed by atoms with E-state index in [0.29, 0.717) is 5.57 Å². The molecule has 0 saturated heterocycles. The van der Waals surface area contributed by atoms with Gasteiger partial charge in [0.1, 0.15) is 0 Å². The first kappa shape index (κ1) is 13.3. The third kappa shape index (κ3) is 5.19. The van der Waals surface area contributed by atoms with Gasteiger partial charge in [0, 0.05) is 6.54 Å². The van der Waals surface area contributed by atoms with E-state index in [1.54, 1.807) is 6.92 Å². The van der Waals surface area contributed by atoms with Crippen molar-refractivity contribution in [3.63, 3.8) is 0 Å². The van der Waals surface area contributed by atoms with Gasteiger partial charge in [-0.2, -0.15) is 0 Å². The molecule has 0 fully saturated rings. The lowest BCUT2D eigenvalue weighted by Gasteiger charge is -2.01. The van der Waals surface area contributed by atoms with Crippen LogP contribution in [-0.4, -0.2) is 12.5 Å². The number of unbranched alkanes of at least 4 members (excludes halogenated alkanes) is 1. The minimum absolute atomic E-state index is 0.0365. The number of rotatable bonds is 5. The Morgan fingerprint density at radius 1 is 1.35 bits per heavy atom. The summed E-state index contributed by atoms with van der Waals surface area (Å²) in [5.41, 5.74) is 4.67. The number of amides is 1. The Morgan fingerprint density at radius 2 is 2.06 bits per heavy atom. The summed E-state index contributed by atoms with van der Waals surface area (Å²) in [6, 6.07) is 9.85. The highest BCUT2D eigenvalue weighted by Crippen LogP contribution is 2.01. The van der Waals surface area contributed by atoms with E-state index in [2.05, 4.69) is 18.0 Å². The molecule has 2 heteroatoms. The zero-order valence-corrected chi connectivity index (χ0v) is 10.5. The Morgan fingerprint density at radius 3 is 2.71 bits per heavy atom. The van der Waals surface area contributed by atoms with Crippen LogP contribution in [0.15, 0.2) is 41.6 Å². The van der Waals surface area contributed by atoms with Gasteiger partial charge in [-0.1, -0.05) is 43.7 Å². The van der Waals surface area contributed by atoms with Crippen LogP contribution < -0.4 is 5.32 Å². The molecule has 0 atom stereocenters. The number of hydrogen-bond donors (Lipinski definition) is 1. The first-order chi connectivity index (χ1) is 8.24. The number of hydrogen-bond acceptors (Lipinski definition) is 1. The molecule has 0 aliphatic rings. The van der Waals surface area contributed by atoms with Crippen molar-refractivity contribution in [2.75, 3.05) is 6.54 Å². The van der Waals surface area contributed by atoms with E-state index in [9.17, 15) is 4.79 Å². The van der Waals surface area contributed by atoms with Gasteiger partial charge in [-0.3, -0.25) is 4.79 Å². The van der Waals surface area contributed by atoms with E-state index in [1.807, 2.05) is 36.4 Å². The summed E-state index contributed by atoms with van der Waals surface area (Å²) in [7, 11) is 0. The van der Waals surface area contributed by atoms with Crippen LogP contribution in [0.1, 0.15) is 32.3 Å². The fourth-order valence-electron chi connectivity index (χ4n) is 1.32. The summed E-state index contributed by atoms with van der Waals surface area (Å²) in [5, 5.41) is 2.86. The van der Waals surface area contributed by atoms with Crippen molar-refractivity contribution in [3.05, 3.63) is 47.2 Å². The summed E-state index contributed by atoms with van der Waals surface area (Å²) >= 11 is 0. The van der Waals surface area contributed by atoms with Crippen LogP contribution in [0.2, 0.25) is 0 Å². The summed E-state index contributed by atoms with van der Waals surface area (Å²) < 4.78 is 0. The fourth-order valence-corrected chi connectivity index (χ4v) is 1.32. The van der Waals surface area contributed by atoms with E-state index in [0.717, 1.165) is 24.9 Å². The molecule has 0 bridgehead atoms. The average molecular weight is 229 g/mol. The van der Waals surface area contributed by atoms with Crippen LogP contribution >= 0.6 is 0 Å². The third-order valence-electron chi connectivity index (χ3n) is 2.41. The molecule has 0 spiro atoms. The molecular formula is C15H19NO. The summed E-state index contributed by atoms with van der Waals surface area (Å²) in [5.74, 6) is -0.0365. The van der Waals surface area contributed by atoms with Crippen LogP contribution in [0.3, 0.4) is 0 Å². The van der Waals surface area contributed by atoms with Crippen LogP contribution in [0.5, 0.6) is 0 Å². The van der Waals surface area contributed by atoms with Crippen LogP contribution in [0.4, 0.5) is 0 Å². The van der Waals surface area contributed by atoms with Gasteiger partial charge in [-0.25, -0.2) is 0 Å². The first-order valence-electron chi connectivity index (χ1n) is 6.00. The molecule has 1 amide bonds. The highest BCUT2D eigenvalue weighted by molar-refractivity contribution is 5.93. The largest absolute Gasteiger partial charge is 0.352 e. The number of benzene rings is 1. The molecule has 0 aliphatic carbocycles. The average Bonchev–Trinajstić information content (AvgIpc) is 2.37. The van der Waals surface area contributed by atoms with E-state index >= 15 is 0 Å². The van der Waals surface area contributed by atoms with Crippen molar-refractivity contribution in [2.45, 2.75) is 26.7 Å². The second kappa shape index (κ2) is 7.48. The Labute approximate surface area is 103 Å². The molecular weight excluding hydrogens is 210 g/mol. The molecule has 2 nitrogen and oxygen atoms in total. The molecule has 0 unspecified atom stereocenters. The minimum atomic E-state index is -0.0365. The standard InChI is InChI=1S/C15H19NO/c1-3-4-12-16-15(17)13(2)10-11-14-8-6-5-7-9-14/h5-9,11H,3-4,12H2,1-2H3,(H,16,17). The maximum absolute atomic E-state index is 11.6. The minimum Gasteiger partial charge on any atom is -0.352 e. The lowest BCUT2D eigenvalue weighted by Crippen LogP contribution is -2.24. The molecule has 1 aromatic carbocycles.